The van der Waals surface area contributed by atoms with Crippen LogP contribution >= 0.6 is 11.8 Å². The first-order chi connectivity index (χ1) is 11.0. The molecule has 0 N–H and O–H groups in total. The number of hydrogen-bond donors (Lipinski definition) is 0. The van der Waals surface area contributed by atoms with E-state index in [0.717, 1.165) is 40.4 Å². The third kappa shape index (κ3) is 3.54. The number of halogens is 1. The Morgan fingerprint density at radius 2 is 1.74 bits per heavy atom. The van der Waals surface area contributed by atoms with Crippen molar-refractivity contribution in [2.24, 2.45) is 0 Å². The number of nitro benzene ring substituents is 1. The maximum absolute atomic E-state index is 13.0. The van der Waals surface area contributed by atoms with Crippen LogP contribution in [0.15, 0.2) is 46.2 Å². The minimum Gasteiger partial charge on any atom is -0.306 e. The van der Waals surface area contributed by atoms with Crippen LogP contribution in [-0.2, 0) is 12.8 Å². The highest BCUT2D eigenvalue weighted by molar-refractivity contribution is 7.99. The van der Waals surface area contributed by atoms with E-state index in [9.17, 15) is 14.5 Å². The van der Waals surface area contributed by atoms with Crippen molar-refractivity contribution < 1.29 is 9.31 Å². The van der Waals surface area contributed by atoms with E-state index in [2.05, 4.69) is 4.90 Å². The molecule has 2 aromatic rings. The SMILES string of the molecule is CN1CCc2c(Sc3ccc(F)cc3)ccc([N+](=O)[O-])c2CC1. The Kier molecular flexibility index (Phi) is 4.63. The van der Waals surface area contributed by atoms with Crippen LogP contribution in [0.25, 0.3) is 0 Å². The molecule has 23 heavy (non-hydrogen) atoms. The van der Waals surface area contributed by atoms with Crippen molar-refractivity contribution in [3.8, 4) is 0 Å². The summed E-state index contributed by atoms with van der Waals surface area (Å²) in [6.45, 7) is 1.70. The molecule has 1 aliphatic heterocycles. The lowest BCUT2D eigenvalue weighted by Crippen LogP contribution is -2.20. The standard InChI is InChI=1S/C17H17FN2O2S/c1-19-10-8-14-15(9-11-19)17(7-6-16(14)20(21)22)23-13-4-2-12(18)3-5-13/h2-7H,8-11H2,1H3. The minimum absolute atomic E-state index is 0.207. The van der Waals surface area contributed by atoms with Crippen LogP contribution in [0.2, 0.25) is 0 Å². The van der Waals surface area contributed by atoms with E-state index in [1.807, 2.05) is 13.1 Å². The highest BCUT2D eigenvalue weighted by Crippen LogP contribution is 2.37. The molecule has 0 bridgehead atoms. The van der Waals surface area contributed by atoms with Gasteiger partial charge in [0.05, 0.1) is 4.92 Å². The quantitative estimate of drug-likeness (QED) is 0.631. The first kappa shape index (κ1) is 16.0. The van der Waals surface area contributed by atoms with Gasteiger partial charge in [-0.3, -0.25) is 10.1 Å². The maximum atomic E-state index is 13.0. The zero-order valence-electron chi connectivity index (χ0n) is 12.8. The predicted octanol–water partition coefficient (Wildman–Crippen LogP) is 3.92. The number of benzene rings is 2. The van der Waals surface area contributed by atoms with Gasteiger partial charge in [-0.2, -0.15) is 0 Å². The molecule has 1 aliphatic rings. The van der Waals surface area contributed by atoms with Crippen LogP contribution in [0.1, 0.15) is 11.1 Å². The van der Waals surface area contributed by atoms with Crippen LogP contribution in [0.4, 0.5) is 10.1 Å². The van der Waals surface area contributed by atoms with Gasteiger partial charge in [-0.15, -0.1) is 0 Å². The van der Waals surface area contributed by atoms with Crippen LogP contribution in [0.5, 0.6) is 0 Å². The van der Waals surface area contributed by atoms with Crippen LogP contribution in [0, 0.1) is 15.9 Å². The van der Waals surface area contributed by atoms with E-state index < -0.39 is 0 Å². The molecule has 3 rings (SSSR count). The third-order valence-electron chi connectivity index (χ3n) is 4.09. The van der Waals surface area contributed by atoms with Gasteiger partial charge in [0.25, 0.3) is 5.69 Å². The smallest absolute Gasteiger partial charge is 0.272 e. The average Bonchev–Trinajstić information content (AvgIpc) is 2.72. The Hall–Kier alpha value is -1.92. The molecule has 0 saturated heterocycles. The number of nitrogens with zero attached hydrogens (tertiary/aromatic N) is 2. The summed E-state index contributed by atoms with van der Waals surface area (Å²) in [7, 11) is 2.03. The van der Waals surface area contributed by atoms with E-state index in [-0.39, 0.29) is 16.4 Å². The molecule has 1 heterocycles. The molecule has 0 unspecified atom stereocenters. The first-order valence-electron chi connectivity index (χ1n) is 7.45. The fourth-order valence-corrected chi connectivity index (χ4v) is 3.84. The van der Waals surface area contributed by atoms with Crippen LogP contribution in [0.3, 0.4) is 0 Å². The van der Waals surface area contributed by atoms with Gasteiger partial charge in [0.15, 0.2) is 0 Å². The topological polar surface area (TPSA) is 46.4 Å². The van der Waals surface area contributed by atoms with Gasteiger partial charge in [0, 0.05) is 34.5 Å². The molecule has 0 aromatic heterocycles. The summed E-state index contributed by atoms with van der Waals surface area (Å²) in [5.74, 6) is -0.265. The molecule has 2 aromatic carbocycles. The van der Waals surface area contributed by atoms with Crippen LogP contribution in [-0.4, -0.2) is 30.0 Å². The molecule has 0 radical (unpaired) electrons. The molecular formula is C17H17FN2O2S. The summed E-state index contributed by atoms with van der Waals surface area (Å²) < 4.78 is 13.0. The Bertz CT molecular complexity index is 734. The Labute approximate surface area is 138 Å². The molecule has 0 spiro atoms. The van der Waals surface area contributed by atoms with Gasteiger partial charge in [0.1, 0.15) is 5.82 Å². The summed E-state index contributed by atoms with van der Waals surface area (Å²) in [6, 6.07) is 9.74. The van der Waals surface area contributed by atoms with E-state index in [1.54, 1.807) is 18.2 Å². The van der Waals surface area contributed by atoms with Gasteiger partial charge in [-0.25, -0.2) is 4.39 Å². The van der Waals surface area contributed by atoms with E-state index >= 15 is 0 Å². The second-order valence-electron chi connectivity index (χ2n) is 5.66. The largest absolute Gasteiger partial charge is 0.306 e. The lowest BCUT2D eigenvalue weighted by molar-refractivity contribution is -0.385. The normalized spacial score (nSPS) is 15.0. The second-order valence-corrected chi connectivity index (χ2v) is 6.77. The molecule has 0 aliphatic carbocycles. The lowest BCUT2D eigenvalue weighted by Gasteiger charge is -2.12. The van der Waals surface area contributed by atoms with Crippen molar-refractivity contribution >= 4 is 17.4 Å². The molecule has 6 heteroatoms. The van der Waals surface area contributed by atoms with Gasteiger partial charge in [0.2, 0.25) is 0 Å². The molecular weight excluding hydrogens is 315 g/mol. The van der Waals surface area contributed by atoms with Crippen molar-refractivity contribution in [1.29, 1.82) is 0 Å². The summed E-state index contributed by atoms with van der Waals surface area (Å²) in [5, 5.41) is 11.3. The molecule has 4 nitrogen and oxygen atoms in total. The summed E-state index contributed by atoms with van der Waals surface area (Å²) >= 11 is 1.53. The van der Waals surface area contributed by atoms with Crippen molar-refractivity contribution in [3.05, 3.63) is 63.5 Å². The van der Waals surface area contributed by atoms with E-state index in [4.69, 9.17) is 0 Å². The Balaban J connectivity index is 2.01. The monoisotopic (exact) mass is 332 g/mol. The Morgan fingerprint density at radius 1 is 1.09 bits per heavy atom. The zero-order valence-corrected chi connectivity index (χ0v) is 13.6. The van der Waals surface area contributed by atoms with Crippen molar-refractivity contribution in [2.75, 3.05) is 20.1 Å². The number of fused-ring (bicyclic) bond motifs is 1. The van der Waals surface area contributed by atoms with Crippen molar-refractivity contribution in [3.63, 3.8) is 0 Å². The summed E-state index contributed by atoms with van der Waals surface area (Å²) in [5.41, 5.74) is 2.10. The van der Waals surface area contributed by atoms with Crippen molar-refractivity contribution in [1.82, 2.24) is 4.90 Å². The summed E-state index contributed by atoms with van der Waals surface area (Å²) in [6.07, 6.45) is 1.47. The zero-order chi connectivity index (χ0) is 16.4. The minimum atomic E-state index is -0.295. The maximum Gasteiger partial charge on any atom is 0.272 e. The third-order valence-corrected chi connectivity index (χ3v) is 5.20. The summed E-state index contributed by atoms with van der Waals surface area (Å²) in [4.78, 5) is 15.2. The second kappa shape index (κ2) is 6.68. The highest BCUT2D eigenvalue weighted by Gasteiger charge is 2.23. The van der Waals surface area contributed by atoms with Gasteiger partial charge in [-0.1, -0.05) is 11.8 Å². The van der Waals surface area contributed by atoms with Crippen LogP contribution < -0.4 is 0 Å². The average molecular weight is 332 g/mol. The molecule has 0 fully saturated rings. The van der Waals surface area contributed by atoms with Gasteiger partial charge in [-0.05, 0) is 55.8 Å². The number of likely N-dealkylation sites (N-methyl/N-ethyl adjacent to an activating group) is 1. The molecule has 0 amide bonds. The van der Waals surface area contributed by atoms with E-state index in [0.29, 0.717) is 6.42 Å². The molecule has 120 valence electrons. The van der Waals surface area contributed by atoms with Gasteiger partial charge >= 0.3 is 0 Å². The predicted molar refractivity (Wildman–Crippen MR) is 88.5 cm³/mol. The fourth-order valence-electron chi connectivity index (χ4n) is 2.83. The fraction of sp³-hybridized carbons (Fsp3) is 0.294. The first-order valence-corrected chi connectivity index (χ1v) is 8.27. The molecule has 0 saturated carbocycles. The molecule has 0 atom stereocenters. The van der Waals surface area contributed by atoms with Crippen molar-refractivity contribution in [2.45, 2.75) is 22.6 Å². The Morgan fingerprint density at radius 3 is 2.39 bits per heavy atom. The number of nitro groups is 1. The van der Waals surface area contributed by atoms with Gasteiger partial charge < -0.3 is 4.90 Å². The highest BCUT2D eigenvalue weighted by atomic mass is 32.2. The van der Waals surface area contributed by atoms with E-state index in [1.165, 1.54) is 23.9 Å². The number of hydrogen-bond acceptors (Lipinski definition) is 4. The number of rotatable bonds is 3. The lowest BCUT2D eigenvalue weighted by atomic mass is 10.0.